The summed E-state index contributed by atoms with van der Waals surface area (Å²) in [5.74, 6) is 2.44. The molecule has 1 aromatic heterocycles. The third-order valence-corrected chi connectivity index (χ3v) is 5.99. The Kier molecular flexibility index (Phi) is 7.61. The predicted molar refractivity (Wildman–Crippen MR) is 108 cm³/mol. The highest BCUT2D eigenvalue weighted by atomic mass is 32.2. The lowest BCUT2D eigenvalue weighted by Gasteiger charge is -2.28. The minimum Gasteiger partial charge on any atom is -0.497 e. The van der Waals surface area contributed by atoms with E-state index in [2.05, 4.69) is 5.32 Å². The number of rotatable bonds is 10. The van der Waals surface area contributed by atoms with E-state index in [1.54, 1.807) is 49.2 Å². The molecule has 148 valence electrons. The van der Waals surface area contributed by atoms with Crippen LogP contribution in [0.3, 0.4) is 0 Å². The second kappa shape index (κ2) is 9.70. The SMILES string of the molecule is COc1cccc(N(C(C)C(=O)NCCSCc2ccco2)S(C)(=O)=O)c1. The van der Waals surface area contributed by atoms with Crippen LogP contribution in [0.15, 0.2) is 47.1 Å². The Bertz CT molecular complexity index is 837. The summed E-state index contributed by atoms with van der Waals surface area (Å²) in [6, 6.07) is 9.45. The van der Waals surface area contributed by atoms with Crippen LogP contribution in [0, 0.1) is 0 Å². The van der Waals surface area contributed by atoms with Gasteiger partial charge in [0.25, 0.3) is 0 Å². The lowest BCUT2D eigenvalue weighted by Crippen LogP contribution is -2.48. The number of sulfonamides is 1. The fourth-order valence-corrected chi connectivity index (χ4v) is 4.44. The molecule has 7 nitrogen and oxygen atoms in total. The molecule has 27 heavy (non-hydrogen) atoms. The first-order chi connectivity index (χ1) is 12.8. The molecule has 1 unspecified atom stereocenters. The Morgan fingerprint density at radius 2 is 2.11 bits per heavy atom. The topological polar surface area (TPSA) is 88.8 Å². The number of methoxy groups -OCH3 is 1. The van der Waals surface area contributed by atoms with E-state index in [1.165, 1.54) is 7.11 Å². The second-order valence-corrected chi connectivity index (χ2v) is 8.82. The van der Waals surface area contributed by atoms with Crippen LogP contribution in [0.5, 0.6) is 5.75 Å². The third-order valence-electron chi connectivity index (χ3n) is 3.77. The van der Waals surface area contributed by atoms with Gasteiger partial charge in [0.2, 0.25) is 15.9 Å². The van der Waals surface area contributed by atoms with Crippen LogP contribution in [-0.2, 0) is 20.6 Å². The number of nitrogens with zero attached hydrogens (tertiary/aromatic N) is 1. The van der Waals surface area contributed by atoms with E-state index >= 15 is 0 Å². The van der Waals surface area contributed by atoms with Crippen molar-refractivity contribution in [3.05, 3.63) is 48.4 Å². The number of nitrogens with one attached hydrogen (secondary N) is 1. The van der Waals surface area contributed by atoms with Crippen molar-refractivity contribution in [2.24, 2.45) is 0 Å². The Hall–Kier alpha value is -2.13. The number of carbonyl (C=O) groups is 1. The van der Waals surface area contributed by atoms with Crippen LogP contribution in [0.25, 0.3) is 0 Å². The molecule has 1 N–H and O–H groups in total. The summed E-state index contributed by atoms with van der Waals surface area (Å²) >= 11 is 1.62. The lowest BCUT2D eigenvalue weighted by atomic mass is 10.2. The molecule has 0 saturated carbocycles. The zero-order chi connectivity index (χ0) is 19.9. The molecule has 2 rings (SSSR count). The van der Waals surface area contributed by atoms with Gasteiger partial charge in [0.05, 0.1) is 31.1 Å². The Balaban J connectivity index is 1.95. The summed E-state index contributed by atoms with van der Waals surface area (Å²) in [6.07, 6.45) is 2.70. The zero-order valence-electron chi connectivity index (χ0n) is 15.5. The number of amides is 1. The highest BCUT2D eigenvalue weighted by Crippen LogP contribution is 2.25. The number of hydrogen-bond donors (Lipinski definition) is 1. The molecule has 1 atom stereocenters. The van der Waals surface area contributed by atoms with Crippen LogP contribution in [0.1, 0.15) is 12.7 Å². The van der Waals surface area contributed by atoms with Crippen LogP contribution in [0.2, 0.25) is 0 Å². The third kappa shape index (κ3) is 6.21. The molecule has 1 heterocycles. The quantitative estimate of drug-likeness (QED) is 0.603. The number of furan rings is 1. The van der Waals surface area contributed by atoms with Gasteiger partial charge in [0.15, 0.2) is 0 Å². The van der Waals surface area contributed by atoms with Crippen molar-refractivity contribution in [3.8, 4) is 5.75 Å². The number of thioether (sulfide) groups is 1. The van der Waals surface area contributed by atoms with Gasteiger partial charge in [-0.1, -0.05) is 6.07 Å². The van der Waals surface area contributed by atoms with Crippen molar-refractivity contribution in [3.63, 3.8) is 0 Å². The summed E-state index contributed by atoms with van der Waals surface area (Å²) in [5, 5.41) is 2.79. The van der Waals surface area contributed by atoms with Crippen molar-refractivity contribution < 1.29 is 22.4 Å². The van der Waals surface area contributed by atoms with E-state index < -0.39 is 16.1 Å². The first kappa shape index (κ1) is 21.2. The summed E-state index contributed by atoms with van der Waals surface area (Å²) in [7, 11) is -2.15. The average Bonchev–Trinajstić information content (AvgIpc) is 3.13. The number of carbonyl (C=O) groups excluding carboxylic acids is 1. The summed E-state index contributed by atoms with van der Waals surface area (Å²) < 4.78 is 36.0. The van der Waals surface area contributed by atoms with Crippen molar-refractivity contribution >= 4 is 33.4 Å². The van der Waals surface area contributed by atoms with Gasteiger partial charge in [0.1, 0.15) is 17.6 Å². The Labute approximate surface area is 164 Å². The Morgan fingerprint density at radius 1 is 1.33 bits per heavy atom. The molecule has 0 saturated heterocycles. The monoisotopic (exact) mass is 412 g/mol. The number of anilines is 1. The second-order valence-electron chi connectivity index (χ2n) is 5.86. The summed E-state index contributed by atoms with van der Waals surface area (Å²) in [4.78, 5) is 12.5. The van der Waals surface area contributed by atoms with E-state index in [-0.39, 0.29) is 5.91 Å². The minimum atomic E-state index is -3.65. The van der Waals surface area contributed by atoms with Crippen LogP contribution in [0.4, 0.5) is 5.69 Å². The predicted octanol–water partition coefficient (Wildman–Crippen LogP) is 2.49. The van der Waals surface area contributed by atoms with Crippen molar-refractivity contribution in [1.82, 2.24) is 5.32 Å². The van der Waals surface area contributed by atoms with Crippen LogP contribution < -0.4 is 14.4 Å². The van der Waals surface area contributed by atoms with E-state index in [1.807, 2.05) is 12.1 Å². The molecule has 0 bridgehead atoms. The average molecular weight is 413 g/mol. The molecule has 9 heteroatoms. The van der Waals surface area contributed by atoms with Gasteiger partial charge >= 0.3 is 0 Å². The van der Waals surface area contributed by atoms with Crippen LogP contribution in [-0.4, -0.2) is 46.0 Å². The van der Waals surface area contributed by atoms with Crippen LogP contribution >= 0.6 is 11.8 Å². The maximum Gasteiger partial charge on any atom is 0.243 e. The lowest BCUT2D eigenvalue weighted by molar-refractivity contribution is -0.121. The number of hydrogen-bond acceptors (Lipinski definition) is 6. The molecule has 0 aliphatic carbocycles. The molecule has 1 aromatic carbocycles. The van der Waals surface area contributed by atoms with Gasteiger partial charge < -0.3 is 14.5 Å². The largest absolute Gasteiger partial charge is 0.497 e. The van der Waals surface area contributed by atoms with E-state index in [4.69, 9.17) is 9.15 Å². The maximum absolute atomic E-state index is 12.5. The highest BCUT2D eigenvalue weighted by Gasteiger charge is 2.29. The van der Waals surface area contributed by atoms with E-state index in [0.29, 0.717) is 23.7 Å². The first-order valence-corrected chi connectivity index (χ1v) is 11.3. The van der Waals surface area contributed by atoms with Gasteiger partial charge in [-0.15, -0.1) is 0 Å². The normalized spacial score (nSPS) is 12.4. The molecule has 0 fully saturated rings. The molecular formula is C18H24N2O5S2. The number of benzene rings is 1. The standard InChI is InChI=1S/C18H24N2O5S2/c1-14(18(21)19-9-11-26-13-17-8-5-10-25-17)20(27(3,22)23)15-6-4-7-16(12-15)24-2/h4-8,10,12,14H,9,11,13H2,1-3H3,(H,19,21). The minimum absolute atomic E-state index is 0.359. The van der Waals surface area contributed by atoms with Gasteiger partial charge in [0, 0.05) is 18.4 Å². The zero-order valence-corrected chi connectivity index (χ0v) is 17.2. The molecule has 1 amide bonds. The van der Waals surface area contributed by atoms with Crippen molar-refractivity contribution in [2.75, 3.05) is 30.0 Å². The van der Waals surface area contributed by atoms with Crippen molar-refractivity contribution in [2.45, 2.75) is 18.7 Å². The molecule has 0 aliphatic rings. The van der Waals surface area contributed by atoms with E-state index in [9.17, 15) is 13.2 Å². The molecule has 0 aliphatic heterocycles. The summed E-state index contributed by atoms with van der Waals surface area (Å²) in [5.41, 5.74) is 0.381. The maximum atomic E-state index is 12.5. The van der Waals surface area contributed by atoms with Gasteiger partial charge in [-0.25, -0.2) is 8.42 Å². The molecular weight excluding hydrogens is 388 g/mol. The van der Waals surface area contributed by atoms with E-state index in [0.717, 1.165) is 22.1 Å². The smallest absolute Gasteiger partial charge is 0.243 e. The van der Waals surface area contributed by atoms with Gasteiger partial charge in [-0.3, -0.25) is 9.10 Å². The highest BCUT2D eigenvalue weighted by molar-refractivity contribution is 7.98. The van der Waals surface area contributed by atoms with Crippen molar-refractivity contribution in [1.29, 1.82) is 0 Å². The summed E-state index contributed by atoms with van der Waals surface area (Å²) in [6.45, 7) is 2.00. The van der Waals surface area contributed by atoms with Gasteiger partial charge in [-0.05, 0) is 31.2 Å². The first-order valence-electron chi connectivity index (χ1n) is 8.34. The Morgan fingerprint density at radius 3 is 2.74 bits per heavy atom. The fourth-order valence-electron chi connectivity index (χ4n) is 2.52. The molecule has 0 radical (unpaired) electrons. The molecule has 2 aromatic rings. The number of ether oxygens (including phenoxy) is 1. The van der Waals surface area contributed by atoms with Gasteiger partial charge in [-0.2, -0.15) is 11.8 Å². The molecule has 0 spiro atoms. The fraction of sp³-hybridized carbons (Fsp3) is 0.389.